The van der Waals surface area contributed by atoms with E-state index in [2.05, 4.69) is 5.10 Å². The third kappa shape index (κ3) is 3.44. The van der Waals surface area contributed by atoms with Crippen LogP contribution in [0.5, 0.6) is 0 Å². The Hall–Kier alpha value is -3.68. The minimum Gasteiger partial charge on any atom is -0.459 e. The number of rotatable bonds is 3. The van der Waals surface area contributed by atoms with Crippen molar-refractivity contribution in [1.29, 1.82) is 0 Å². The average molecular weight is 378 g/mol. The van der Waals surface area contributed by atoms with Crippen molar-refractivity contribution in [2.24, 2.45) is 0 Å². The van der Waals surface area contributed by atoms with Gasteiger partial charge in [-0.15, -0.1) is 0 Å². The van der Waals surface area contributed by atoms with Gasteiger partial charge in [-0.1, -0.05) is 18.2 Å². The topological polar surface area (TPSA) is 88.7 Å². The van der Waals surface area contributed by atoms with Crippen LogP contribution in [-0.4, -0.2) is 57.6 Å². The minimum atomic E-state index is -0.309. The first kappa shape index (κ1) is 17.7. The summed E-state index contributed by atoms with van der Waals surface area (Å²) in [5, 5.41) is 4.23. The highest BCUT2D eigenvalue weighted by molar-refractivity contribution is 5.93. The standard InChI is InChI=1S/C20H18N4O4/c25-18-9-8-16(21-24(18)15-5-2-1-3-6-15)19(26)22-10-12-23(13-11-22)20(27)17-7-4-14-28-17/h1-9,14H,10-13H2. The van der Waals surface area contributed by atoms with Crippen molar-refractivity contribution in [3.8, 4) is 5.69 Å². The van der Waals surface area contributed by atoms with Gasteiger partial charge in [-0.25, -0.2) is 0 Å². The molecular weight excluding hydrogens is 360 g/mol. The maximum Gasteiger partial charge on any atom is 0.289 e. The predicted octanol–water partition coefficient (Wildman–Crippen LogP) is 1.42. The predicted molar refractivity (Wildman–Crippen MR) is 100 cm³/mol. The van der Waals surface area contributed by atoms with Crippen LogP contribution in [0.4, 0.5) is 0 Å². The zero-order valence-corrected chi connectivity index (χ0v) is 15.0. The van der Waals surface area contributed by atoms with Crippen molar-refractivity contribution in [3.05, 3.63) is 82.7 Å². The van der Waals surface area contributed by atoms with Gasteiger partial charge in [0.2, 0.25) is 0 Å². The Morgan fingerprint density at radius 2 is 1.50 bits per heavy atom. The zero-order chi connectivity index (χ0) is 19.5. The molecule has 142 valence electrons. The number of nitrogens with zero attached hydrogens (tertiary/aromatic N) is 4. The van der Waals surface area contributed by atoms with Gasteiger partial charge >= 0.3 is 0 Å². The molecule has 3 heterocycles. The van der Waals surface area contributed by atoms with Gasteiger partial charge in [-0.2, -0.15) is 9.78 Å². The van der Waals surface area contributed by atoms with E-state index in [0.29, 0.717) is 31.9 Å². The second-order valence-electron chi connectivity index (χ2n) is 6.37. The van der Waals surface area contributed by atoms with Crippen molar-refractivity contribution in [3.63, 3.8) is 0 Å². The van der Waals surface area contributed by atoms with Gasteiger partial charge in [-0.3, -0.25) is 14.4 Å². The van der Waals surface area contributed by atoms with Crippen LogP contribution in [0.2, 0.25) is 0 Å². The van der Waals surface area contributed by atoms with Gasteiger partial charge < -0.3 is 14.2 Å². The average Bonchev–Trinajstić information content (AvgIpc) is 3.29. The molecule has 8 heteroatoms. The van der Waals surface area contributed by atoms with Crippen LogP contribution in [0.1, 0.15) is 21.0 Å². The number of carbonyl (C=O) groups excluding carboxylic acids is 2. The van der Waals surface area contributed by atoms with Gasteiger partial charge in [0.05, 0.1) is 12.0 Å². The Labute approximate surface area is 160 Å². The summed E-state index contributed by atoms with van der Waals surface area (Å²) in [5.41, 5.74) is 0.474. The molecule has 0 atom stereocenters. The molecule has 0 bridgehead atoms. The van der Waals surface area contributed by atoms with Gasteiger partial charge in [-0.05, 0) is 30.3 Å². The first-order valence-corrected chi connectivity index (χ1v) is 8.91. The fourth-order valence-electron chi connectivity index (χ4n) is 3.11. The zero-order valence-electron chi connectivity index (χ0n) is 15.0. The van der Waals surface area contributed by atoms with Crippen LogP contribution in [0.15, 0.2) is 70.1 Å². The van der Waals surface area contributed by atoms with Crippen LogP contribution in [0.25, 0.3) is 5.69 Å². The van der Waals surface area contributed by atoms with Crippen molar-refractivity contribution < 1.29 is 14.0 Å². The van der Waals surface area contributed by atoms with Crippen molar-refractivity contribution >= 4 is 11.8 Å². The van der Waals surface area contributed by atoms with Crippen molar-refractivity contribution in [1.82, 2.24) is 19.6 Å². The molecule has 0 aliphatic carbocycles. The molecule has 2 amide bonds. The summed E-state index contributed by atoms with van der Waals surface area (Å²) < 4.78 is 6.36. The summed E-state index contributed by atoms with van der Waals surface area (Å²) in [5.74, 6) is -0.168. The summed E-state index contributed by atoms with van der Waals surface area (Å²) in [6, 6.07) is 15.0. The Morgan fingerprint density at radius 3 is 2.14 bits per heavy atom. The number of carbonyl (C=O) groups is 2. The van der Waals surface area contributed by atoms with Crippen LogP contribution in [0, 0.1) is 0 Å². The molecule has 1 saturated heterocycles. The Morgan fingerprint density at radius 1 is 0.821 bits per heavy atom. The summed E-state index contributed by atoms with van der Waals surface area (Å²) in [4.78, 5) is 40.6. The fourth-order valence-corrected chi connectivity index (χ4v) is 3.11. The van der Waals surface area contributed by atoms with Crippen LogP contribution < -0.4 is 5.56 Å². The molecule has 3 aromatic rings. The van der Waals surface area contributed by atoms with E-state index < -0.39 is 0 Å². The molecule has 0 saturated carbocycles. The second kappa shape index (κ2) is 7.51. The Bertz CT molecular complexity index is 1040. The van der Waals surface area contributed by atoms with Gasteiger partial charge in [0.1, 0.15) is 5.69 Å². The van der Waals surface area contributed by atoms with Crippen molar-refractivity contribution in [2.45, 2.75) is 0 Å². The molecule has 0 unspecified atom stereocenters. The van der Waals surface area contributed by atoms with E-state index in [1.807, 2.05) is 6.07 Å². The van der Waals surface area contributed by atoms with E-state index in [4.69, 9.17) is 4.42 Å². The van der Waals surface area contributed by atoms with Gasteiger partial charge in [0, 0.05) is 32.2 Å². The lowest BCUT2D eigenvalue weighted by atomic mass is 10.2. The van der Waals surface area contributed by atoms with E-state index >= 15 is 0 Å². The molecule has 8 nitrogen and oxygen atoms in total. The van der Waals surface area contributed by atoms with Crippen molar-refractivity contribution in [2.75, 3.05) is 26.2 Å². The number of piperazine rings is 1. The number of amides is 2. The third-order valence-corrected chi connectivity index (χ3v) is 4.61. The molecule has 1 aliphatic rings. The molecule has 0 N–H and O–H groups in total. The quantitative estimate of drug-likeness (QED) is 0.688. The number of hydrogen-bond acceptors (Lipinski definition) is 5. The number of hydrogen-bond donors (Lipinski definition) is 0. The van der Waals surface area contributed by atoms with Crippen LogP contribution in [-0.2, 0) is 0 Å². The van der Waals surface area contributed by atoms with Crippen LogP contribution in [0.3, 0.4) is 0 Å². The normalized spacial score (nSPS) is 14.1. The molecule has 0 spiro atoms. The number of aromatic nitrogens is 2. The molecule has 4 rings (SSSR count). The lowest BCUT2D eigenvalue weighted by Crippen LogP contribution is -2.50. The molecular formula is C20H18N4O4. The van der Waals surface area contributed by atoms with E-state index in [1.165, 1.54) is 23.1 Å². The first-order valence-electron chi connectivity index (χ1n) is 8.91. The summed E-state index contributed by atoms with van der Waals surface area (Å²) in [7, 11) is 0. The van der Waals surface area contributed by atoms with E-state index in [1.54, 1.807) is 46.2 Å². The molecule has 1 fully saturated rings. The summed E-state index contributed by atoms with van der Waals surface area (Å²) in [6.45, 7) is 1.59. The van der Waals surface area contributed by atoms with E-state index in [0.717, 1.165) is 0 Å². The highest BCUT2D eigenvalue weighted by Crippen LogP contribution is 2.11. The fraction of sp³-hybridized carbons (Fsp3) is 0.200. The molecule has 28 heavy (non-hydrogen) atoms. The summed E-state index contributed by atoms with van der Waals surface area (Å²) in [6.07, 6.45) is 1.46. The molecule has 1 aromatic carbocycles. The Balaban J connectivity index is 1.47. The largest absolute Gasteiger partial charge is 0.459 e. The maximum atomic E-state index is 12.8. The number of furan rings is 1. The minimum absolute atomic E-state index is 0.187. The van der Waals surface area contributed by atoms with Gasteiger partial charge in [0.15, 0.2) is 5.76 Å². The Kier molecular flexibility index (Phi) is 4.76. The highest BCUT2D eigenvalue weighted by Gasteiger charge is 2.27. The van der Waals surface area contributed by atoms with Crippen LogP contribution >= 0.6 is 0 Å². The lowest BCUT2D eigenvalue weighted by molar-refractivity contribution is 0.0514. The van der Waals surface area contributed by atoms with E-state index in [-0.39, 0.29) is 28.8 Å². The first-order chi connectivity index (χ1) is 13.6. The monoisotopic (exact) mass is 378 g/mol. The number of benzene rings is 1. The second-order valence-corrected chi connectivity index (χ2v) is 6.37. The lowest BCUT2D eigenvalue weighted by Gasteiger charge is -2.34. The smallest absolute Gasteiger partial charge is 0.289 e. The summed E-state index contributed by atoms with van der Waals surface area (Å²) >= 11 is 0. The number of para-hydroxylation sites is 1. The molecule has 2 aromatic heterocycles. The maximum absolute atomic E-state index is 12.8. The third-order valence-electron chi connectivity index (χ3n) is 4.61. The van der Waals surface area contributed by atoms with E-state index in [9.17, 15) is 14.4 Å². The molecule has 0 radical (unpaired) electrons. The SMILES string of the molecule is O=C(c1ccc(=O)n(-c2ccccc2)n1)N1CCN(C(=O)c2ccco2)CC1. The molecule has 1 aliphatic heterocycles. The highest BCUT2D eigenvalue weighted by atomic mass is 16.3. The van der Waals surface area contributed by atoms with Gasteiger partial charge in [0.25, 0.3) is 17.4 Å².